The predicted octanol–water partition coefficient (Wildman–Crippen LogP) is 4.11. The second-order valence-electron chi connectivity index (χ2n) is 8.09. The molecule has 162 valence electrons. The van der Waals surface area contributed by atoms with Gasteiger partial charge in [0.1, 0.15) is 0 Å². The lowest BCUT2D eigenvalue weighted by Gasteiger charge is -2.22. The summed E-state index contributed by atoms with van der Waals surface area (Å²) >= 11 is 0. The molecule has 0 bridgehead atoms. The van der Waals surface area contributed by atoms with Crippen LogP contribution in [0.5, 0.6) is 0 Å². The summed E-state index contributed by atoms with van der Waals surface area (Å²) in [5.41, 5.74) is 1.56. The zero-order chi connectivity index (χ0) is 22.1. The van der Waals surface area contributed by atoms with Crippen molar-refractivity contribution < 1.29 is 18.0 Å². The maximum atomic E-state index is 13.7. The summed E-state index contributed by atoms with van der Waals surface area (Å²) < 4.78 is 41.1. The number of alkyl halides is 3. The molecule has 1 saturated heterocycles. The van der Waals surface area contributed by atoms with E-state index in [9.17, 15) is 18.0 Å². The van der Waals surface area contributed by atoms with Gasteiger partial charge in [-0.25, -0.2) is 0 Å². The van der Waals surface area contributed by atoms with E-state index in [4.69, 9.17) is 0 Å². The van der Waals surface area contributed by atoms with Gasteiger partial charge in [0.15, 0.2) is 0 Å². The molecule has 30 heavy (non-hydrogen) atoms. The number of pyridine rings is 1. The van der Waals surface area contributed by atoms with Crippen LogP contribution >= 0.6 is 0 Å². The summed E-state index contributed by atoms with van der Waals surface area (Å²) in [6.07, 6.45) is -2.14. The molecule has 1 aliphatic rings. The molecule has 1 aliphatic heterocycles. The first-order chi connectivity index (χ1) is 14.0. The van der Waals surface area contributed by atoms with Crippen LogP contribution in [0.2, 0.25) is 0 Å². The van der Waals surface area contributed by atoms with Gasteiger partial charge < -0.3 is 10.2 Å². The zero-order valence-electron chi connectivity index (χ0n) is 17.7. The Labute approximate surface area is 174 Å². The number of amides is 1. The fourth-order valence-corrected chi connectivity index (χ4v) is 3.64. The molecule has 2 aromatic rings. The number of nitrogens with one attached hydrogen (secondary N) is 1. The van der Waals surface area contributed by atoms with Gasteiger partial charge in [-0.2, -0.15) is 13.2 Å². The molecular formula is C22H27F3N4O. The van der Waals surface area contributed by atoms with Crippen LogP contribution in [-0.4, -0.2) is 53.9 Å². The van der Waals surface area contributed by atoms with Crippen molar-refractivity contribution in [3.05, 3.63) is 58.4 Å². The highest BCUT2D eigenvalue weighted by molar-refractivity contribution is 6.04. The molecule has 1 atom stereocenters. The van der Waals surface area contributed by atoms with Gasteiger partial charge >= 0.3 is 6.18 Å². The van der Waals surface area contributed by atoms with Crippen molar-refractivity contribution in [1.29, 1.82) is 0 Å². The first-order valence-electron chi connectivity index (χ1n) is 9.88. The van der Waals surface area contributed by atoms with Crippen molar-refractivity contribution in [2.24, 2.45) is 0 Å². The first-order valence-corrected chi connectivity index (χ1v) is 9.88. The number of anilines is 1. The van der Waals surface area contributed by atoms with Gasteiger partial charge in [0.2, 0.25) is 0 Å². The van der Waals surface area contributed by atoms with E-state index in [0.29, 0.717) is 11.6 Å². The van der Waals surface area contributed by atoms with Crippen LogP contribution in [0.15, 0.2) is 30.5 Å². The summed E-state index contributed by atoms with van der Waals surface area (Å²) in [6, 6.07) is 6.02. The highest BCUT2D eigenvalue weighted by Gasteiger charge is 2.35. The molecule has 3 rings (SSSR count). The van der Waals surface area contributed by atoms with Gasteiger partial charge in [-0.1, -0.05) is 6.07 Å². The average Bonchev–Trinajstić information content (AvgIpc) is 3.13. The summed E-state index contributed by atoms with van der Waals surface area (Å²) in [4.78, 5) is 20.7. The van der Waals surface area contributed by atoms with E-state index in [0.717, 1.165) is 36.8 Å². The number of nitrogens with zero attached hydrogens (tertiary/aromatic N) is 3. The number of benzene rings is 1. The van der Waals surface area contributed by atoms with Gasteiger partial charge in [-0.05, 0) is 63.7 Å². The van der Waals surface area contributed by atoms with Crippen molar-refractivity contribution in [2.75, 3.05) is 32.5 Å². The summed E-state index contributed by atoms with van der Waals surface area (Å²) in [5, 5.41) is 2.56. The summed E-state index contributed by atoms with van der Waals surface area (Å²) in [5.74, 6) is -0.486. The molecule has 0 spiro atoms. The molecule has 0 radical (unpaired) electrons. The van der Waals surface area contributed by atoms with E-state index in [1.165, 1.54) is 18.3 Å². The van der Waals surface area contributed by atoms with E-state index in [1.807, 2.05) is 32.8 Å². The van der Waals surface area contributed by atoms with Crippen molar-refractivity contribution in [1.82, 2.24) is 14.8 Å². The smallest absolute Gasteiger partial charge is 0.322 e. The number of carbonyl (C=O) groups is 1. The number of hydrogen-bond donors (Lipinski definition) is 1. The Balaban J connectivity index is 1.79. The number of likely N-dealkylation sites (N-methyl/N-ethyl adjacent to an activating group) is 1. The average molecular weight is 420 g/mol. The third kappa shape index (κ3) is 5.17. The van der Waals surface area contributed by atoms with Crippen LogP contribution in [0.3, 0.4) is 0 Å². The Kier molecular flexibility index (Phi) is 6.47. The van der Waals surface area contributed by atoms with E-state index < -0.39 is 17.6 Å². The minimum atomic E-state index is -4.50. The minimum absolute atomic E-state index is 0.113. The van der Waals surface area contributed by atoms with E-state index >= 15 is 0 Å². The van der Waals surface area contributed by atoms with Crippen LogP contribution in [0.4, 0.5) is 18.9 Å². The monoisotopic (exact) mass is 420 g/mol. The lowest BCUT2D eigenvalue weighted by Crippen LogP contribution is -2.31. The molecule has 2 heterocycles. The highest BCUT2D eigenvalue weighted by atomic mass is 19.4. The Bertz CT molecular complexity index is 927. The number of likely N-dealkylation sites (tertiary alicyclic amines) is 1. The predicted molar refractivity (Wildman–Crippen MR) is 110 cm³/mol. The second-order valence-corrected chi connectivity index (χ2v) is 8.09. The van der Waals surface area contributed by atoms with Crippen LogP contribution in [0.1, 0.15) is 39.2 Å². The van der Waals surface area contributed by atoms with Gasteiger partial charge in [-0.3, -0.25) is 14.7 Å². The first kappa shape index (κ1) is 22.2. The van der Waals surface area contributed by atoms with E-state index in [-0.39, 0.29) is 17.8 Å². The molecule has 1 aromatic carbocycles. The molecule has 1 aromatic heterocycles. The number of rotatable bonds is 5. The third-order valence-electron chi connectivity index (χ3n) is 5.65. The Morgan fingerprint density at radius 2 is 2.00 bits per heavy atom. The number of hydrogen-bond acceptors (Lipinski definition) is 4. The quantitative estimate of drug-likeness (QED) is 0.791. The van der Waals surface area contributed by atoms with Gasteiger partial charge in [0, 0.05) is 43.3 Å². The maximum Gasteiger partial charge on any atom is 0.416 e. The summed E-state index contributed by atoms with van der Waals surface area (Å²) in [6.45, 7) is 5.39. The molecule has 1 unspecified atom stereocenters. The van der Waals surface area contributed by atoms with Gasteiger partial charge in [0.05, 0.1) is 11.1 Å². The topological polar surface area (TPSA) is 48.5 Å². The molecule has 0 saturated carbocycles. The van der Waals surface area contributed by atoms with Crippen molar-refractivity contribution in [3.63, 3.8) is 0 Å². The molecule has 1 amide bonds. The fourth-order valence-electron chi connectivity index (χ4n) is 3.64. The van der Waals surface area contributed by atoms with Crippen LogP contribution in [-0.2, 0) is 12.7 Å². The maximum absolute atomic E-state index is 13.7. The normalized spacial score (nSPS) is 17.5. The third-order valence-corrected chi connectivity index (χ3v) is 5.65. The SMILES string of the molecule is Cc1cc(C(=O)Nc2ccc(CN3CCC(N(C)C)C3)c(C(F)(F)F)c2)cnc1C. The van der Waals surface area contributed by atoms with Gasteiger partial charge in [-0.15, -0.1) is 0 Å². The minimum Gasteiger partial charge on any atom is -0.322 e. The van der Waals surface area contributed by atoms with Gasteiger partial charge in [0.25, 0.3) is 5.91 Å². The molecule has 1 N–H and O–H groups in total. The lowest BCUT2D eigenvalue weighted by atomic mass is 10.0. The number of carbonyl (C=O) groups excluding carboxylic acids is 1. The van der Waals surface area contributed by atoms with E-state index in [2.05, 4.69) is 15.2 Å². The molecule has 1 fully saturated rings. The molecule has 5 nitrogen and oxygen atoms in total. The number of halogens is 3. The highest BCUT2D eigenvalue weighted by Crippen LogP contribution is 2.35. The largest absolute Gasteiger partial charge is 0.416 e. The fraction of sp³-hybridized carbons (Fsp3) is 0.455. The van der Waals surface area contributed by atoms with Crippen molar-refractivity contribution in [2.45, 2.75) is 39.0 Å². The van der Waals surface area contributed by atoms with Crippen LogP contribution in [0, 0.1) is 13.8 Å². The lowest BCUT2D eigenvalue weighted by molar-refractivity contribution is -0.138. The summed E-state index contributed by atoms with van der Waals surface area (Å²) in [7, 11) is 3.97. The Hall–Kier alpha value is -2.45. The van der Waals surface area contributed by atoms with Crippen LogP contribution < -0.4 is 5.32 Å². The standard InChI is InChI=1S/C22H27F3N4O/c1-14-9-17(11-26-15(14)2)21(30)27-18-6-5-16(20(10-18)22(23,24)25)12-29-8-7-19(13-29)28(3)4/h5-6,9-11,19H,7-8,12-13H2,1-4H3,(H,27,30). The second kappa shape index (κ2) is 8.73. The molecule has 0 aliphatic carbocycles. The molecule has 8 heteroatoms. The number of aromatic nitrogens is 1. The van der Waals surface area contributed by atoms with Crippen molar-refractivity contribution in [3.8, 4) is 0 Å². The number of aryl methyl sites for hydroxylation is 2. The Morgan fingerprint density at radius 3 is 2.60 bits per heavy atom. The van der Waals surface area contributed by atoms with E-state index in [1.54, 1.807) is 6.07 Å². The van der Waals surface area contributed by atoms with Crippen LogP contribution in [0.25, 0.3) is 0 Å². The van der Waals surface area contributed by atoms with Crippen molar-refractivity contribution >= 4 is 11.6 Å². The zero-order valence-corrected chi connectivity index (χ0v) is 17.7. The molecular weight excluding hydrogens is 393 g/mol. The Morgan fingerprint density at radius 1 is 1.27 bits per heavy atom.